The lowest BCUT2D eigenvalue weighted by Crippen LogP contribution is -2.48. The standard InChI is InChI=1S/C15H29NO2S3/c1-10-11(2)20-14(9-19-10)15(16-3)12-6-5-7-13(8-12)21(4,17)18/h10-16H,5-9H2,1-4H3. The monoisotopic (exact) mass is 351 g/mol. The molecule has 0 amide bonds. The lowest BCUT2D eigenvalue weighted by Gasteiger charge is -2.41. The largest absolute Gasteiger partial charge is 0.316 e. The van der Waals surface area contributed by atoms with E-state index in [0.717, 1.165) is 24.5 Å². The molecule has 124 valence electrons. The molecule has 6 heteroatoms. The number of sulfone groups is 1. The van der Waals surface area contributed by atoms with Gasteiger partial charge in [-0.25, -0.2) is 8.42 Å². The molecule has 0 spiro atoms. The van der Waals surface area contributed by atoms with Crippen LogP contribution in [0.3, 0.4) is 0 Å². The van der Waals surface area contributed by atoms with Gasteiger partial charge in [-0.1, -0.05) is 20.3 Å². The van der Waals surface area contributed by atoms with Crippen molar-refractivity contribution in [1.82, 2.24) is 5.32 Å². The van der Waals surface area contributed by atoms with Gasteiger partial charge in [-0.2, -0.15) is 23.5 Å². The molecule has 6 atom stereocenters. The molecule has 2 fully saturated rings. The van der Waals surface area contributed by atoms with Crippen molar-refractivity contribution >= 4 is 33.4 Å². The van der Waals surface area contributed by atoms with Gasteiger partial charge in [0.15, 0.2) is 0 Å². The summed E-state index contributed by atoms with van der Waals surface area (Å²) in [5.74, 6) is 1.68. The van der Waals surface area contributed by atoms with Crippen molar-refractivity contribution in [2.24, 2.45) is 5.92 Å². The number of thioether (sulfide) groups is 2. The fourth-order valence-corrected chi connectivity index (χ4v) is 8.06. The van der Waals surface area contributed by atoms with Crippen molar-refractivity contribution in [3.63, 3.8) is 0 Å². The molecule has 1 heterocycles. The van der Waals surface area contributed by atoms with Crippen LogP contribution in [-0.2, 0) is 9.84 Å². The third-order valence-corrected chi connectivity index (χ3v) is 10.2. The van der Waals surface area contributed by atoms with Gasteiger partial charge in [0.2, 0.25) is 0 Å². The number of hydrogen-bond donors (Lipinski definition) is 1. The van der Waals surface area contributed by atoms with Crippen LogP contribution >= 0.6 is 23.5 Å². The average molecular weight is 352 g/mol. The van der Waals surface area contributed by atoms with E-state index in [4.69, 9.17) is 0 Å². The van der Waals surface area contributed by atoms with Crippen LogP contribution in [0.25, 0.3) is 0 Å². The zero-order valence-electron chi connectivity index (χ0n) is 13.5. The van der Waals surface area contributed by atoms with E-state index in [2.05, 4.69) is 42.7 Å². The molecule has 2 aliphatic rings. The Labute approximate surface area is 138 Å². The van der Waals surface area contributed by atoms with Gasteiger partial charge in [0.25, 0.3) is 0 Å². The van der Waals surface area contributed by atoms with E-state index in [0.29, 0.717) is 22.5 Å². The Morgan fingerprint density at radius 1 is 1.19 bits per heavy atom. The van der Waals surface area contributed by atoms with Crippen LogP contribution in [-0.4, -0.2) is 54.5 Å². The van der Waals surface area contributed by atoms with Gasteiger partial charge in [0, 0.05) is 33.8 Å². The van der Waals surface area contributed by atoms with E-state index in [1.807, 2.05) is 7.05 Å². The second-order valence-electron chi connectivity index (χ2n) is 6.61. The molecule has 0 aromatic carbocycles. The topological polar surface area (TPSA) is 46.2 Å². The molecule has 3 nitrogen and oxygen atoms in total. The van der Waals surface area contributed by atoms with Crippen molar-refractivity contribution in [3.05, 3.63) is 0 Å². The highest BCUT2D eigenvalue weighted by Crippen LogP contribution is 2.41. The molecule has 1 saturated heterocycles. The summed E-state index contributed by atoms with van der Waals surface area (Å²) in [6.07, 6.45) is 5.32. The predicted octanol–water partition coefficient (Wildman–Crippen LogP) is 2.80. The first-order valence-corrected chi connectivity index (χ1v) is 11.9. The molecule has 21 heavy (non-hydrogen) atoms. The first kappa shape index (κ1) is 18.0. The molecule has 2 rings (SSSR count). The highest BCUT2D eigenvalue weighted by Gasteiger charge is 2.38. The van der Waals surface area contributed by atoms with Crippen molar-refractivity contribution in [2.45, 2.75) is 66.6 Å². The van der Waals surface area contributed by atoms with E-state index in [9.17, 15) is 8.42 Å². The Hall–Kier alpha value is 0.610. The molecule has 0 radical (unpaired) electrons. The zero-order chi connectivity index (χ0) is 15.6. The minimum Gasteiger partial charge on any atom is -0.316 e. The van der Waals surface area contributed by atoms with Crippen LogP contribution in [0.5, 0.6) is 0 Å². The summed E-state index contributed by atoms with van der Waals surface area (Å²) in [4.78, 5) is 0. The van der Waals surface area contributed by atoms with Crippen molar-refractivity contribution in [3.8, 4) is 0 Å². The molecule has 1 saturated carbocycles. The molecule has 1 N–H and O–H groups in total. The molecule has 0 bridgehead atoms. The average Bonchev–Trinajstić information content (AvgIpc) is 2.43. The molecule has 1 aliphatic heterocycles. The van der Waals surface area contributed by atoms with E-state index < -0.39 is 9.84 Å². The highest BCUT2D eigenvalue weighted by molar-refractivity contribution is 8.07. The minimum atomic E-state index is -2.89. The van der Waals surface area contributed by atoms with Gasteiger partial charge in [-0.3, -0.25) is 0 Å². The third-order valence-electron chi connectivity index (χ3n) is 5.09. The summed E-state index contributed by atoms with van der Waals surface area (Å²) in [5.41, 5.74) is 0. The summed E-state index contributed by atoms with van der Waals surface area (Å²) in [6, 6.07) is 0.446. The SMILES string of the molecule is CNC(C1CCCC(S(C)(=O)=O)C1)C1CSC(C)C(C)S1. The minimum absolute atomic E-state index is 0.121. The van der Waals surface area contributed by atoms with Gasteiger partial charge >= 0.3 is 0 Å². The summed E-state index contributed by atoms with van der Waals surface area (Å²) in [5, 5.41) is 5.41. The Morgan fingerprint density at radius 3 is 2.48 bits per heavy atom. The summed E-state index contributed by atoms with van der Waals surface area (Å²) in [6.45, 7) is 4.63. The van der Waals surface area contributed by atoms with E-state index in [1.54, 1.807) is 0 Å². The van der Waals surface area contributed by atoms with Crippen LogP contribution in [0.4, 0.5) is 0 Å². The molecule has 1 aliphatic carbocycles. The van der Waals surface area contributed by atoms with E-state index in [1.165, 1.54) is 18.4 Å². The lowest BCUT2D eigenvalue weighted by atomic mass is 9.82. The van der Waals surface area contributed by atoms with Crippen molar-refractivity contribution in [2.75, 3.05) is 19.1 Å². The van der Waals surface area contributed by atoms with Gasteiger partial charge in [-0.15, -0.1) is 0 Å². The van der Waals surface area contributed by atoms with Gasteiger partial charge in [0.05, 0.1) is 5.25 Å². The lowest BCUT2D eigenvalue weighted by molar-refractivity contribution is 0.278. The smallest absolute Gasteiger partial charge is 0.150 e. The first-order valence-electron chi connectivity index (χ1n) is 7.96. The summed E-state index contributed by atoms with van der Waals surface area (Å²) in [7, 11) is -0.846. The molecule has 0 aromatic rings. The normalized spacial score (nSPS) is 39.9. The van der Waals surface area contributed by atoms with E-state index >= 15 is 0 Å². The van der Waals surface area contributed by atoms with Gasteiger partial charge in [-0.05, 0) is 32.2 Å². The van der Waals surface area contributed by atoms with Crippen LogP contribution in [0.2, 0.25) is 0 Å². The van der Waals surface area contributed by atoms with Crippen molar-refractivity contribution < 1.29 is 8.42 Å². The van der Waals surface area contributed by atoms with Crippen LogP contribution in [0.1, 0.15) is 39.5 Å². The van der Waals surface area contributed by atoms with Crippen LogP contribution in [0, 0.1) is 5.92 Å². The molecule has 6 unspecified atom stereocenters. The van der Waals surface area contributed by atoms with Gasteiger partial charge in [0.1, 0.15) is 9.84 Å². The fraction of sp³-hybridized carbons (Fsp3) is 1.00. The summed E-state index contributed by atoms with van der Waals surface area (Å²) >= 11 is 4.17. The quantitative estimate of drug-likeness (QED) is 0.844. The maximum Gasteiger partial charge on any atom is 0.150 e. The third kappa shape index (κ3) is 4.55. The Balaban J connectivity index is 2.03. The second kappa shape index (κ2) is 7.45. The highest BCUT2D eigenvalue weighted by atomic mass is 32.2. The van der Waals surface area contributed by atoms with E-state index in [-0.39, 0.29) is 5.25 Å². The molecular weight excluding hydrogens is 322 g/mol. The van der Waals surface area contributed by atoms with Crippen molar-refractivity contribution in [1.29, 1.82) is 0 Å². The number of rotatable bonds is 4. The Bertz CT molecular complexity index is 440. The second-order valence-corrected chi connectivity index (χ2v) is 12.0. The Morgan fingerprint density at radius 2 is 1.90 bits per heavy atom. The van der Waals surface area contributed by atoms with Crippen LogP contribution < -0.4 is 5.32 Å². The fourth-order valence-electron chi connectivity index (χ4n) is 3.62. The maximum absolute atomic E-state index is 11.9. The molecule has 0 aromatic heterocycles. The Kier molecular flexibility index (Phi) is 6.37. The number of nitrogens with one attached hydrogen (secondary N) is 1. The zero-order valence-corrected chi connectivity index (χ0v) is 16.0. The first-order chi connectivity index (χ1) is 9.82. The molecular formula is C15H29NO2S3. The predicted molar refractivity (Wildman–Crippen MR) is 96.2 cm³/mol. The van der Waals surface area contributed by atoms with Crippen LogP contribution in [0.15, 0.2) is 0 Å². The summed E-state index contributed by atoms with van der Waals surface area (Å²) < 4.78 is 23.8. The number of hydrogen-bond acceptors (Lipinski definition) is 5. The van der Waals surface area contributed by atoms with Gasteiger partial charge < -0.3 is 5.32 Å². The maximum atomic E-state index is 11.9.